The monoisotopic (exact) mass is 431 g/mol. The number of nitro groups is 1. The van der Waals surface area contributed by atoms with E-state index in [1.807, 2.05) is 27.7 Å². The lowest BCUT2D eigenvalue weighted by atomic mass is 9.85. The number of allylic oxidation sites excluding steroid dienone is 1. The number of rotatable bonds is 12. The van der Waals surface area contributed by atoms with E-state index in [9.17, 15) is 15.2 Å². The molecule has 31 heavy (non-hydrogen) atoms. The molecule has 5 heteroatoms. The number of hydrogen-bond acceptors (Lipinski definition) is 4. The van der Waals surface area contributed by atoms with E-state index >= 15 is 0 Å². The summed E-state index contributed by atoms with van der Waals surface area (Å²) in [7, 11) is 0. The van der Waals surface area contributed by atoms with Gasteiger partial charge in [0, 0.05) is 18.4 Å². The Kier molecular flexibility index (Phi) is 9.39. The second-order valence-electron chi connectivity index (χ2n) is 9.46. The fourth-order valence-electron chi connectivity index (χ4n) is 4.48. The number of unbranched alkanes of at least 4 members (excludes halogenated alkanes) is 7. The first-order valence-corrected chi connectivity index (χ1v) is 12.0. The van der Waals surface area contributed by atoms with Crippen LogP contribution in [-0.4, -0.2) is 15.6 Å². The summed E-state index contributed by atoms with van der Waals surface area (Å²) in [5, 5.41) is 21.9. The molecule has 0 aliphatic carbocycles. The van der Waals surface area contributed by atoms with Crippen molar-refractivity contribution in [1.82, 2.24) is 0 Å². The average Bonchev–Trinajstić information content (AvgIpc) is 2.74. The van der Waals surface area contributed by atoms with Gasteiger partial charge in [0.25, 0.3) is 0 Å². The van der Waals surface area contributed by atoms with Crippen molar-refractivity contribution in [2.45, 2.75) is 117 Å². The molecule has 0 bridgehead atoms. The van der Waals surface area contributed by atoms with Crippen LogP contribution in [0.5, 0.6) is 11.5 Å². The smallest absolute Gasteiger partial charge is 0.242 e. The van der Waals surface area contributed by atoms with E-state index in [2.05, 4.69) is 6.92 Å². The van der Waals surface area contributed by atoms with Crippen molar-refractivity contribution in [3.8, 4) is 11.5 Å². The molecule has 1 aliphatic heterocycles. The number of fused-ring (bicyclic) bond motifs is 1. The minimum absolute atomic E-state index is 0.223. The Morgan fingerprint density at radius 1 is 1.06 bits per heavy atom. The van der Waals surface area contributed by atoms with Crippen molar-refractivity contribution in [3.63, 3.8) is 0 Å². The molecule has 1 atom stereocenters. The molecule has 1 N–H and O–H groups in total. The summed E-state index contributed by atoms with van der Waals surface area (Å²) in [6, 6.07) is 0. The molecular weight excluding hydrogens is 390 g/mol. The van der Waals surface area contributed by atoms with Crippen molar-refractivity contribution in [3.05, 3.63) is 44.1 Å². The lowest BCUT2D eigenvalue weighted by Crippen LogP contribution is -2.36. The van der Waals surface area contributed by atoms with Gasteiger partial charge in [-0.25, -0.2) is 0 Å². The van der Waals surface area contributed by atoms with Gasteiger partial charge in [-0.05, 0) is 69.7 Å². The Morgan fingerprint density at radius 3 is 2.29 bits per heavy atom. The second-order valence-corrected chi connectivity index (χ2v) is 9.46. The van der Waals surface area contributed by atoms with Crippen molar-refractivity contribution in [2.24, 2.45) is 0 Å². The summed E-state index contributed by atoms with van der Waals surface area (Å²) in [5.74, 6) is 1.20. The van der Waals surface area contributed by atoms with Gasteiger partial charge >= 0.3 is 0 Å². The van der Waals surface area contributed by atoms with Crippen LogP contribution < -0.4 is 4.74 Å². The normalized spacial score (nSPS) is 18.5. The Bertz CT molecular complexity index is 799. The predicted octanol–water partition coefficient (Wildman–Crippen LogP) is 7.48. The molecule has 0 amide bonds. The van der Waals surface area contributed by atoms with Gasteiger partial charge in [0.15, 0.2) is 0 Å². The van der Waals surface area contributed by atoms with E-state index in [4.69, 9.17) is 4.74 Å². The molecule has 0 radical (unpaired) electrons. The van der Waals surface area contributed by atoms with Crippen molar-refractivity contribution in [1.29, 1.82) is 0 Å². The number of phenols is 1. The zero-order valence-corrected chi connectivity index (χ0v) is 20.2. The highest BCUT2D eigenvalue weighted by Crippen LogP contribution is 2.44. The van der Waals surface area contributed by atoms with Gasteiger partial charge in [-0.3, -0.25) is 10.1 Å². The van der Waals surface area contributed by atoms with Crippen LogP contribution in [0.3, 0.4) is 0 Å². The predicted molar refractivity (Wildman–Crippen MR) is 127 cm³/mol. The van der Waals surface area contributed by atoms with Crippen LogP contribution in [-0.2, 0) is 6.42 Å². The number of benzene rings is 1. The summed E-state index contributed by atoms with van der Waals surface area (Å²) < 4.78 is 6.41. The Morgan fingerprint density at radius 2 is 1.68 bits per heavy atom. The van der Waals surface area contributed by atoms with Gasteiger partial charge < -0.3 is 9.84 Å². The van der Waals surface area contributed by atoms with Crippen LogP contribution in [0.4, 0.5) is 0 Å². The third-order valence-electron chi connectivity index (χ3n) is 6.88. The van der Waals surface area contributed by atoms with Crippen molar-refractivity contribution in [2.75, 3.05) is 0 Å². The van der Waals surface area contributed by atoms with E-state index in [1.165, 1.54) is 32.1 Å². The number of nitrogens with zero attached hydrogens (tertiary/aromatic N) is 1. The zero-order chi connectivity index (χ0) is 23.0. The largest absolute Gasteiger partial charge is 0.507 e. The molecule has 1 aromatic carbocycles. The van der Waals surface area contributed by atoms with E-state index in [0.29, 0.717) is 24.3 Å². The third-order valence-corrected chi connectivity index (χ3v) is 6.88. The molecule has 1 aliphatic rings. The number of ether oxygens (including phenoxy) is 1. The molecular formula is C26H41NO4. The Hall–Kier alpha value is -2.04. The van der Waals surface area contributed by atoms with Crippen LogP contribution in [0, 0.1) is 30.9 Å². The SMILES string of the molecule is CCCCCCCCCCC(=CCC1(C)CCc2c(C)c(O)c(C)c(C)c2O1)[N+](=O)[O-]. The van der Waals surface area contributed by atoms with Gasteiger partial charge in [0.05, 0.1) is 4.92 Å². The maximum Gasteiger partial charge on any atom is 0.242 e. The number of hydrogen-bond donors (Lipinski definition) is 1. The Labute approximate surface area is 188 Å². The molecule has 0 saturated heterocycles. The lowest BCUT2D eigenvalue weighted by molar-refractivity contribution is -0.428. The summed E-state index contributed by atoms with van der Waals surface area (Å²) in [6.45, 7) is 10.1. The van der Waals surface area contributed by atoms with Gasteiger partial charge in [-0.15, -0.1) is 0 Å². The maximum absolute atomic E-state index is 11.6. The second kappa shape index (κ2) is 11.5. The Balaban J connectivity index is 1.95. The van der Waals surface area contributed by atoms with E-state index in [1.54, 1.807) is 6.08 Å². The highest BCUT2D eigenvalue weighted by atomic mass is 16.6. The molecule has 1 aromatic rings. The van der Waals surface area contributed by atoms with Gasteiger partial charge in [-0.2, -0.15) is 0 Å². The van der Waals surface area contributed by atoms with E-state index in [0.717, 1.165) is 60.1 Å². The highest BCUT2D eigenvalue weighted by molar-refractivity contribution is 5.58. The molecule has 0 spiro atoms. The maximum atomic E-state index is 11.6. The van der Waals surface area contributed by atoms with E-state index in [-0.39, 0.29) is 4.92 Å². The number of phenolic OH excluding ortho intramolecular Hbond substituents is 1. The van der Waals surface area contributed by atoms with Crippen LogP contribution in [0.15, 0.2) is 11.8 Å². The molecule has 5 nitrogen and oxygen atoms in total. The quantitative estimate of drug-likeness (QED) is 0.211. The summed E-state index contributed by atoms with van der Waals surface area (Å²) in [4.78, 5) is 11.3. The molecule has 2 rings (SSSR count). The fourth-order valence-corrected chi connectivity index (χ4v) is 4.48. The first kappa shape index (κ1) is 25.2. The first-order valence-electron chi connectivity index (χ1n) is 12.0. The van der Waals surface area contributed by atoms with Gasteiger partial charge in [0.1, 0.15) is 17.1 Å². The van der Waals surface area contributed by atoms with Crippen LogP contribution in [0.1, 0.15) is 107 Å². The van der Waals surface area contributed by atoms with Gasteiger partial charge in [-0.1, -0.05) is 51.9 Å². The van der Waals surface area contributed by atoms with Gasteiger partial charge in [0.2, 0.25) is 5.70 Å². The molecule has 0 saturated carbocycles. The van der Waals surface area contributed by atoms with Crippen molar-refractivity contribution >= 4 is 0 Å². The molecule has 0 fully saturated rings. The fraction of sp³-hybridized carbons (Fsp3) is 0.692. The van der Waals surface area contributed by atoms with Crippen LogP contribution >= 0.6 is 0 Å². The molecule has 174 valence electrons. The summed E-state index contributed by atoms with van der Waals surface area (Å²) in [5.41, 5.74) is 3.61. The summed E-state index contributed by atoms with van der Waals surface area (Å²) in [6.07, 6.45) is 13.9. The first-order chi connectivity index (χ1) is 14.7. The van der Waals surface area contributed by atoms with E-state index < -0.39 is 5.60 Å². The standard InChI is InChI=1S/C26H41NO4/c1-6-7-8-9-10-11-12-13-14-22(27(29)30)15-17-26(5)18-16-23-21(4)24(28)19(2)20(3)25(23)31-26/h15,28H,6-14,16-18H2,1-5H3. The number of aromatic hydroxyl groups is 1. The molecule has 0 aromatic heterocycles. The lowest BCUT2D eigenvalue weighted by Gasteiger charge is -2.37. The minimum atomic E-state index is -0.464. The molecule has 1 heterocycles. The molecule has 1 unspecified atom stereocenters. The highest BCUT2D eigenvalue weighted by Gasteiger charge is 2.34. The zero-order valence-electron chi connectivity index (χ0n) is 20.2. The van der Waals surface area contributed by atoms with Crippen LogP contribution in [0.25, 0.3) is 0 Å². The third kappa shape index (κ3) is 6.72. The minimum Gasteiger partial charge on any atom is -0.507 e. The average molecular weight is 432 g/mol. The topological polar surface area (TPSA) is 72.6 Å². The van der Waals surface area contributed by atoms with Crippen LogP contribution in [0.2, 0.25) is 0 Å². The summed E-state index contributed by atoms with van der Waals surface area (Å²) >= 11 is 0. The van der Waals surface area contributed by atoms with Crippen molar-refractivity contribution < 1.29 is 14.8 Å².